The van der Waals surface area contributed by atoms with Gasteiger partial charge >= 0.3 is 6.09 Å². The van der Waals surface area contributed by atoms with Gasteiger partial charge in [0.25, 0.3) is 0 Å². The largest absolute Gasteiger partial charge is 0.444 e. The molecular formula is C17H25NO3. The van der Waals surface area contributed by atoms with Gasteiger partial charge in [-0.2, -0.15) is 0 Å². The molecule has 0 radical (unpaired) electrons. The molecule has 1 aromatic carbocycles. The molecular weight excluding hydrogens is 266 g/mol. The molecule has 4 heteroatoms. The summed E-state index contributed by atoms with van der Waals surface area (Å²) in [7, 11) is 0. The molecule has 1 saturated heterocycles. The zero-order chi connectivity index (χ0) is 15.6. The number of nitrogens with zero attached hydrogens (tertiary/aromatic N) is 1. The molecule has 0 aliphatic carbocycles. The molecule has 1 aliphatic heterocycles. The van der Waals surface area contributed by atoms with Gasteiger partial charge in [-0.3, -0.25) is 0 Å². The van der Waals surface area contributed by atoms with Gasteiger partial charge in [-0.25, -0.2) is 4.79 Å². The van der Waals surface area contributed by atoms with Crippen LogP contribution in [-0.2, 0) is 4.74 Å². The summed E-state index contributed by atoms with van der Waals surface area (Å²) >= 11 is 0. The number of aliphatic hydroxyl groups is 1. The van der Waals surface area contributed by atoms with Crippen LogP contribution in [-0.4, -0.2) is 40.9 Å². The van der Waals surface area contributed by atoms with E-state index in [1.54, 1.807) is 4.90 Å². The van der Waals surface area contributed by atoms with Gasteiger partial charge in [-0.1, -0.05) is 24.3 Å². The van der Waals surface area contributed by atoms with Gasteiger partial charge in [-0.05, 0) is 45.2 Å². The zero-order valence-electron chi connectivity index (χ0n) is 13.3. The monoisotopic (exact) mass is 291 g/mol. The van der Waals surface area contributed by atoms with E-state index in [0.717, 1.165) is 11.1 Å². The fourth-order valence-electron chi connectivity index (χ4n) is 2.74. The van der Waals surface area contributed by atoms with E-state index < -0.39 is 11.7 Å². The Morgan fingerprint density at radius 2 is 2.00 bits per heavy atom. The summed E-state index contributed by atoms with van der Waals surface area (Å²) in [5.74, 6) is -0.0486. The third-order valence-corrected chi connectivity index (χ3v) is 3.82. The maximum atomic E-state index is 12.2. The summed E-state index contributed by atoms with van der Waals surface area (Å²) in [4.78, 5) is 13.9. The van der Waals surface area contributed by atoms with Gasteiger partial charge in [0, 0.05) is 19.0 Å². The maximum absolute atomic E-state index is 12.2. The highest BCUT2D eigenvalue weighted by molar-refractivity contribution is 5.68. The van der Waals surface area contributed by atoms with Crippen LogP contribution in [0.15, 0.2) is 24.3 Å². The second-order valence-electron chi connectivity index (χ2n) is 6.75. The van der Waals surface area contributed by atoms with Crippen molar-refractivity contribution in [3.05, 3.63) is 35.4 Å². The Hall–Kier alpha value is -1.55. The maximum Gasteiger partial charge on any atom is 0.410 e. The molecule has 1 aliphatic rings. The topological polar surface area (TPSA) is 49.8 Å². The van der Waals surface area contributed by atoms with E-state index in [2.05, 4.69) is 0 Å². The van der Waals surface area contributed by atoms with E-state index in [4.69, 9.17) is 4.74 Å². The zero-order valence-corrected chi connectivity index (χ0v) is 13.3. The van der Waals surface area contributed by atoms with Crippen molar-refractivity contribution in [2.24, 2.45) is 0 Å². The van der Waals surface area contributed by atoms with Crippen LogP contribution in [0.5, 0.6) is 0 Å². The quantitative estimate of drug-likeness (QED) is 0.865. The Kier molecular flexibility index (Phi) is 4.57. The molecule has 0 aromatic heterocycles. The van der Waals surface area contributed by atoms with Crippen molar-refractivity contribution in [2.45, 2.75) is 51.7 Å². The van der Waals surface area contributed by atoms with Crippen LogP contribution in [0, 0.1) is 6.92 Å². The summed E-state index contributed by atoms with van der Waals surface area (Å²) in [6.07, 6.45) is -0.129. The normalized spacial score (nSPS) is 23.0. The van der Waals surface area contributed by atoms with Crippen LogP contribution in [0.25, 0.3) is 0 Å². The predicted molar refractivity (Wildman–Crippen MR) is 82.4 cm³/mol. The van der Waals surface area contributed by atoms with Crippen LogP contribution in [0.3, 0.4) is 0 Å². The number of carbonyl (C=O) groups is 1. The van der Waals surface area contributed by atoms with Crippen LogP contribution < -0.4 is 0 Å². The summed E-state index contributed by atoms with van der Waals surface area (Å²) in [5, 5.41) is 10.3. The highest BCUT2D eigenvalue weighted by Gasteiger charge is 2.33. The smallest absolute Gasteiger partial charge is 0.410 e. The molecule has 2 rings (SSSR count). The van der Waals surface area contributed by atoms with E-state index in [1.807, 2.05) is 52.0 Å². The number of piperidine rings is 1. The Balaban J connectivity index is 2.13. The van der Waals surface area contributed by atoms with Crippen molar-refractivity contribution in [3.8, 4) is 0 Å². The van der Waals surface area contributed by atoms with Crippen molar-refractivity contribution in [1.82, 2.24) is 4.90 Å². The van der Waals surface area contributed by atoms with Crippen molar-refractivity contribution in [2.75, 3.05) is 13.1 Å². The number of likely N-dealkylation sites (tertiary alicyclic amines) is 1. The van der Waals surface area contributed by atoms with Crippen LogP contribution in [0.1, 0.15) is 44.2 Å². The molecule has 1 amide bonds. The van der Waals surface area contributed by atoms with Crippen LogP contribution in [0.2, 0.25) is 0 Å². The van der Waals surface area contributed by atoms with Gasteiger partial charge in [0.05, 0.1) is 6.10 Å². The molecule has 0 spiro atoms. The summed E-state index contributed by atoms with van der Waals surface area (Å²) in [6.45, 7) is 8.67. The second-order valence-corrected chi connectivity index (χ2v) is 6.75. The second kappa shape index (κ2) is 6.06. The molecule has 0 bridgehead atoms. The number of benzene rings is 1. The third kappa shape index (κ3) is 3.97. The molecule has 4 nitrogen and oxygen atoms in total. The highest BCUT2D eigenvalue weighted by atomic mass is 16.6. The number of amides is 1. The molecule has 2 unspecified atom stereocenters. The number of aliphatic hydroxyl groups excluding tert-OH is 1. The SMILES string of the molecule is Cc1ccccc1C1CN(C(=O)OC(C)(C)C)CCC1O. The minimum absolute atomic E-state index is 0.0486. The minimum Gasteiger partial charge on any atom is -0.444 e. The van der Waals surface area contributed by atoms with Crippen molar-refractivity contribution in [3.63, 3.8) is 0 Å². The Morgan fingerprint density at radius 3 is 2.62 bits per heavy atom. The Bertz CT molecular complexity index is 507. The van der Waals surface area contributed by atoms with E-state index in [9.17, 15) is 9.90 Å². The van der Waals surface area contributed by atoms with E-state index in [-0.39, 0.29) is 12.0 Å². The average molecular weight is 291 g/mol. The van der Waals surface area contributed by atoms with E-state index in [1.165, 1.54) is 0 Å². The lowest BCUT2D eigenvalue weighted by Gasteiger charge is -2.37. The van der Waals surface area contributed by atoms with Gasteiger partial charge < -0.3 is 14.7 Å². The van der Waals surface area contributed by atoms with Crippen molar-refractivity contribution >= 4 is 6.09 Å². The molecule has 21 heavy (non-hydrogen) atoms. The number of carbonyl (C=O) groups excluding carboxylic acids is 1. The van der Waals surface area contributed by atoms with Crippen molar-refractivity contribution in [1.29, 1.82) is 0 Å². The molecule has 1 heterocycles. The summed E-state index contributed by atoms with van der Waals surface area (Å²) in [5.41, 5.74) is 1.76. The first-order valence-electron chi connectivity index (χ1n) is 7.49. The van der Waals surface area contributed by atoms with E-state index >= 15 is 0 Å². The minimum atomic E-state index is -0.495. The summed E-state index contributed by atoms with van der Waals surface area (Å²) in [6, 6.07) is 8.03. The fraction of sp³-hybridized carbons (Fsp3) is 0.588. The lowest BCUT2D eigenvalue weighted by molar-refractivity contribution is 0.00400. The number of hydrogen-bond donors (Lipinski definition) is 1. The number of hydrogen-bond acceptors (Lipinski definition) is 3. The number of ether oxygens (including phenoxy) is 1. The number of rotatable bonds is 1. The Morgan fingerprint density at radius 1 is 1.33 bits per heavy atom. The standard InChI is InChI=1S/C17H25NO3/c1-12-7-5-6-8-13(12)14-11-18(10-9-15(14)19)16(20)21-17(2,3)4/h5-8,14-15,19H,9-11H2,1-4H3. The van der Waals surface area contributed by atoms with Gasteiger partial charge in [0.15, 0.2) is 0 Å². The van der Waals surface area contributed by atoms with E-state index in [0.29, 0.717) is 19.5 Å². The van der Waals surface area contributed by atoms with Crippen LogP contribution >= 0.6 is 0 Å². The molecule has 2 atom stereocenters. The molecule has 1 fully saturated rings. The van der Waals surface area contributed by atoms with Crippen molar-refractivity contribution < 1.29 is 14.6 Å². The molecule has 116 valence electrons. The number of aryl methyl sites for hydroxylation is 1. The van der Waals surface area contributed by atoms with Gasteiger partial charge in [0.1, 0.15) is 5.60 Å². The molecule has 1 N–H and O–H groups in total. The van der Waals surface area contributed by atoms with Crippen LogP contribution in [0.4, 0.5) is 4.79 Å². The first-order chi connectivity index (χ1) is 9.78. The van der Waals surface area contributed by atoms with Gasteiger partial charge in [0.2, 0.25) is 0 Å². The predicted octanol–water partition coefficient (Wildman–Crippen LogP) is 3.08. The highest BCUT2D eigenvalue weighted by Crippen LogP contribution is 2.30. The van der Waals surface area contributed by atoms with Gasteiger partial charge in [-0.15, -0.1) is 0 Å². The lowest BCUT2D eigenvalue weighted by Crippen LogP contribution is -2.46. The molecule has 1 aromatic rings. The Labute approximate surface area is 126 Å². The first kappa shape index (κ1) is 15.8. The molecule has 0 saturated carbocycles. The first-order valence-corrected chi connectivity index (χ1v) is 7.49. The lowest BCUT2D eigenvalue weighted by atomic mass is 9.86. The average Bonchev–Trinajstić information content (AvgIpc) is 2.38. The summed E-state index contributed by atoms with van der Waals surface area (Å²) < 4.78 is 5.43. The fourth-order valence-corrected chi connectivity index (χ4v) is 2.74. The third-order valence-electron chi connectivity index (χ3n) is 3.82.